The number of halogens is 1. The zero-order valence-electron chi connectivity index (χ0n) is 9.19. The quantitative estimate of drug-likeness (QED) is 0.641. The molecule has 2 aromatic rings. The van der Waals surface area contributed by atoms with Crippen molar-refractivity contribution in [3.8, 4) is 0 Å². The highest BCUT2D eigenvalue weighted by atomic mass is 35.5. The summed E-state index contributed by atoms with van der Waals surface area (Å²) in [6, 6.07) is 11.6. The van der Waals surface area contributed by atoms with E-state index in [4.69, 9.17) is 11.6 Å². The van der Waals surface area contributed by atoms with E-state index in [1.807, 2.05) is 48.6 Å². The number of allylic oxidation sites excluding steroid dienone is 1. The van der Waals surface area contributed by atoms with Crippen LogP contribution in [0.2, 0.25) is 0 Å². The van der Waals surface area contributed by atoms with Gasteiger partial charge in [-0.05, 0) is 17.4 Å². The smallest absolute Gasteiger partial charge is 0.193 e. The monoisotopic (exact) mass is 242 g/mol. The molecule has 0 heterocycles. The van der Waals surface area contributed by atoms with Crippen molar-refractivity contribution in [2.45, 2.75) is 11.8 Å². The van der Waals surface area contributed by atoms with Crippen molar-refractivity contribution in [2.75, 3.05) is 0 Å². The normalized spacial score (nSPS) is 18.1. The van der Waals surface area contributed by atoms with Crippen LogP contribution in [-0.4, -0.2) is 0 Å². The van der Waals surface area contributed by atoms with Crippen LogP contribution in [0.25, 0.3) is 16.8 Å². The summed E-state index contributed by atoms with van der Waals surface area (Å²) in [5.74, 6) is 0. The minimum absolute atomic E-state index is 0.0715. The predicted octanol–water partition coefficient (Wildman–Crippen LogP) is 3.90. The van der Waals surface area contributed by atoms with Gasteiger partial charge in [0.05, 0.1) is 5.38 Å². The molecule has 2 aromatic carbocycles. The van der Waals surface area contributed by atoms with E-state index in [1.165, 1.54) is 0 Å². The van der Waals surface area contributed by atoms with Crippen LogP contribution in [0.4, 0.5) is 0 Å². The van der Waals surface area contributed by atoms with E-state index in [0.717, 1.165) is 28.3 Å². The highest BCUT2D eigenvalue weighted by Crippen LogP contribution is 2.31. The fourth-order valence-corrected chi connectivity index (χ4v) is 2.57. The van der Waals surface area contributed by atoms with Crippen LogP contribution in [0.3, 0.4) is 0 Å². The summed E-state index contributed by atoms with van der Waals surface area (Å²) in [4.78, 5) is 12.4. The molecule has 2 heteroatoms. The molecule has 0 saturated carbocycles. The van der Waals surface area contributed by atoms with Gasteiger partial charge >= 0.3 is 0 Å². The number of alkyl halides is 1. The predicted molar refractivity (Wildman–Crippen MR) is 72.5 cm³/mol. The van der Waals surface area contributed by atoms with E-state index in [9.17, 15) is 4.79 Å². The Morgan fingerprint density at radius 1 is 1.12 bits per heavy atom. The third-order valence-electron chi connectivity index (χ3n) is 3.17. The molecule has 0 fully saturated rings. The van der Waals surface area contributed by atoms with Gasteiger partial charge in [0.25, 0.3) is 0 Å². The van der Waals surface area contributed by atoms with Gasteiger partial charge in [0.1, 0.15) is 0 Å². The zero-order valence-corrected chi connectivity index (χ0v) is 9.95. The van der Waals surface area contributed by atoms with E-state index < -0.39 is 0 Å². The summed E-state index contributed by atoms with van der Waals surface area (Å²) in [5.41, 5.74) is 1.75. The van der Waals surface area contributed by atoms with Crippen molar-refractivity contribution in [1.29, 1.82) is 0 Å². The van der Waals surface area contributed by atoms with Crippen LogP contribution in [-0.2, 0) is 0 Å². The molecule has 3 rings (SSSR count). The van der Waals surface area contributed by atoms with Gasteiger partial charge in [0, 0.05) is 10.9 Å². The van der Waals surface area contributed by atoms with E-state index in [1.54, 1.807) is 0 Å². The molecule has 0 saturated heterocycles. The summed E-state index contributed by atoms with van der Waals surface area (Å²) in [7, 11) is 0. The molecule has 1 aliphatic rings. The van der Waals surface area contributed by atoms with Gasteiger partial charge in [-0.2, -0.15) is 0 Å². The second-order valence-corrected chi connectivity index (χ2v) is 4.75. The number of rotatable bonds is 0. The van der Waals surface area contributed by atoms with Gasteiger partial charge in [-0.25, -0.2) is 0 Å². The van der Waals surface area contributed by atoms with Crippen LogP contribution in [0.5, 0.6) is 0 Å². The minimum atomic E-state index is -0.0930. The van der Waals surface area contributed by atoms with Crippen molar-refractivity contribution in [2.24, 2.45) is 0 Å². The van der Waals surface area contributed by atoms with Crippen molar-refractivity contribution in [3.63, 3.8) is 0 Å². The summed E-state index contributed by atoms with van der Waals surface area (Å²) in [6.07, 6.45) is 4.65. The molecular formula is C15H11ClO. The van der Waals surface area contributed by atoms with E-state index >= 15 is 0 Å². The maximum atomic E-state index is 12.4. The molecule has 1 nitrogen and oxygen atoms in total. The number of hydrogen-bond acceptors (Lipinski definition) is 1. The molecule has 0 radical (unpaired) electrons. The second-order valence-electron chi connectivity index (χ2n) is 4.22. The van der Waals surface area contributed by atoms with Crippen LogP contribution in [0, 0.1) is 0 Å². The first-order chi connectivity index (χ1) is 8.27. The molecule has 84 valence electrons. The average molecular weight is 243 g/mol. The van der Waals surface area contributed by atoms with E-state index in [0.29, 0.717) is 0 Å². The molecule has 0 aromatic heterocycles. The molecule has 17 heavy (non-hydrogen) atoms. The van der Waals surface area contributed by atoms with E-state index in [2.05, 4.69) is 0 Å². The SMILES string of the molecule is O=c1c2c(ccc3ccccc13)C(Cl)CC=C2. The van der Waals surface area contributed by atoms with Crippen LogP contribution < -0.4 is 5.43 Å². The lowest BCUT2D eigenvalue weighted by atomic mass is 9.99. The average Bonchev–Trinajstić information content (AvgIpc) is 2.50. The van der Waals surface area contributed by atoms with Gasteiger partial charge < -0.3 is 0 Å². The fraction of sp³-hybridized carbons (Fsp3) is 0.133. The Morgan fingerprint density at radius 3 is 2.82 bits per heavy atom. The molecule has 0 spiro atoms. The Kier molecular flexibility index (Phi) is 2.49. The van der Waals surface area contributed by atoms with Crippen LogP contribution >= 0.6 is 11.6 Å². The third kappa shape index (κ3) is 1.67. The fourth-order valence-electron chi connectivity index (χ4n) is 2.27. The van der Waals surface area contributed by atoms with Crippen molar-refractivity contribution in [3.05, 3.63) is 63.8 Å². The maximum Gasteiger partial charge on any atom is 0.193 e. The minimum Gasteiger partial charge on any atom is -0.289 e. The van der Waals surface area contributed by atoms with Gasteiger partial charge in [0.2, 0.25) is 0 Å². The van der Waals surface area contributed by atoms with Crippen LogP contribution in [0.15, 0.2) is 47.3 Å². The first-order valence-corrected chi connectivity index (χ1v) is 6.07. The topological polar surface area (TPSA) is 17.1 Å². The Bertz CT molecular complexity index is 673. The largest absolute Gasteiger partial charge is 0.289 e. The Balaban J connectivity index is 2.50. The summed E-state index contributed by atoms with van der Waals surface area (Å²) in [6.45, 7) is 0. The van der Waals surface area contributed by atoms with Crippen LogP contribution in [0.1, 0.15) is 22.9 Å². The standard InChI is InChI=1S/C15H11ClO/c16-14-7-3-6-13-12(14)9-8-10-4-1-2-5-11(10)15(13)17/h1-6,8-9,14H,7H2. The molecule has 0 amide bonds. The Labute approximate surface area is 104 Å². The summed E-state index contributed by atoms with van der Waals surface area (Å²) in [5, 5.41) is 1.62. The lowest BCUT2D eigenvalue weighted by molar-refractivity contribution is 0.943. The highest BCUT2D eigenvalue weighted by molar-refractivity contribution is 6.21. The maximum absolute atomic E-state index is 12.4. The zero-order chi connectivity index (χ0) is 11.8. The summed E-state index contributed by atoms with van der Waals surface area (Å²) >= 11 is 6.26. The molecule has 1 atom stereocenters. The molecule has 1 aliphatic carbocycles. The first kappa shape index (κ1) is 10.5. The van der Waals surface area contributed by atoms with Gasteiger partial charge in [0.15, 0.2) is 5.43 Å². The molecule has 1 unspecified atom stereocenters. The van der Waals surface area contributed by atoms with Crippen molar-refractivity contribution >= 4 is 28.4 Å². The lowest BCUT2D eigenvalue weighted by Gasteiger charge is -2.12. The third-order valence-corrected chi connectivity index (χ3v) is 3.58. The molecular weight excluding hydrogens is 232 g/mol. The lowest BCUT2D eigenvalue weighted by Crippen LogP contribution is -2.08. The second kappa shape index (κ2) is 4.01. The summed E-state index contributed by atoms with van der Waals surface area (Å²) < 4.78 is 0. The molecule has 0 aliphatic heterocycles. The highest BCUT2D eigenvalue weighted by Gasteiger charge is 2.16. The Hall–Kier alpha value is -1.60. The Morgan fingerprint density at radius 2 is 1.94 bits per heavy atom. The van der Waals surface area contributed by atoms with Gasteiger partial charge in [-0.3, -0.25) is 4.79 Å². The number of benzene rings is 1. The van der Waals surface area contributed by atoms with Crippen molar-refractivity contribution in [1.82, 2.24) is 0 Å². The first-order valence-electron chi connectivity index (χ1n) is 5.64. The van der Waals surface area contributed by atoms with Crippen molar-refractivity contribution < 1.29 is 0 Å². The van der Waals surface area contributed by atoms with Gasteiger partial charge in [-0.1, -0.05) is 48.6 Å². The van der Waals surface area contributed by atoms with Gasteiger partial charge in [-0.15, -0.1) is 11.6 Å². The number of hydrogen-bond donors (Lipinski definition) is 0. The van der Waals surface area contributed by atoms with E-state index in [-0.39, 0.29) is 10.8 Å². The molecule has 0 bridgehead atoms. The molecule has 0 N–H and O–H groups in total. The number of fused-ring (bicyclic) bond motifs is 2.